The van der Waals surface area contributed by atoms with Crippen LogP contribution in [0.2, 0.25) is 5.02 Å². The molecule has 0 saturated carbocycles. The minimum atomic E-state index is -0.369. The summed E-state index contributed by atoms with van der Waals surface area (Å²) in [6.07, 6.45) is 6.79. The summed E-state index contributed by atoms with van der Waals surface area (Å²) < 4.78 is 14.0. The van der Waals surface area contributed by atoms with Gasteiger partial charge in [0.25, 0.3) is 0 Å². The fraction of sp³-hybridized carbons (Fsp3) is 0.417. The van der Waals surface area contributed by atoms with Crippen LogP contribution in [0.3, 0.4) is 0 Å². The van der Waals surface area contributed by atoms with Gasteiger partial charge in [-0.15, -0.1) is 0 Å². The highest BCUT2D eigenvalue weighted by Crippen LogP contribution is 2.35. The molecule has 0 aliphatic heterocycles. The first kappa shape index (κ1) is 19.9. The third-order valence-electron chi connectivity index (χ3n) is 5.49. The molecule has 3 rings (SSSR count). The molecule has 1 unspecified atom stereocenters. The second-order valence-corrected chi connectivity index (χ2v) is 7.91. The highest BCUT2D eigenvalue weighted by molar-refractivity contribution is 6.31. The number of hydrogen-bond donors (Lipinski definition) is 1. The Kier molecular flexibility index (Phi) is 6.59. The van der Waals surface area contributed by atoms with E-state index in [0.717, 1.165) is 36.6 Å². The molecule has 144 valence electrons. The summed E-state index contributed by atoms with van der Waals surface area (Å²) in [5.74, 6) is -0.141. The van der Waals surface area contributed by atoms with Crippen LogP contribution in [-0.2, 0) is 12.8 Å². The molecule has 27 heavy (non-hydrogen) atoms. The number of aromatic nitrogens is 1. The van der Waals surface area contributed by atoms with Gasteiger partial charge in [-0.1, -0.05) is 69.5 Å². The lowest BCUT2D eigenvalue weighted by Crippen LogP contribution is -2.01. The van der Waals surface area contributed by atoms with E-state index < -0.39 is 0 Å². The maximum Gasteiger partial charge on any atom is 0.143 e. The van der Waals surface area contributed by atoms with Crippen molar-refractivity contribution in [2.75, 3.05) is 0 Å². The average Bonchev–Trinajstić information content (AvgIpc) is 3.02. The lowest BCUT2D eigenvalue weighted by atomic mass is 9.91. The SMILES string of the molecule is CCCCc1ccc(C(C)c2[nH]c3cc(F)c(Cl)cc3c2CCCC)cc1. The predicted molar refractivity (Wildman–Crippen MR) is 114 cm³/mol. The Morgan fingerprint density at radius 1 is 1.00 bits per heavy atom. The maximum atomic E-state index is 14.0. The number of unbranched alkanes of at least 4 members (excludes halogenated alkanes) is 2. The number of hydrogen-bond acceptors (Lipinski definition) is 0. The second-order valence-electron chi connectivity index (χ2n) is 7.50. The molecule has 3 heteroatoms. The van der Waals surface area contributed by atoms with Crippen LogP contribution >= 0.6 is 11.6 Å². The van der Waals surface area contributed by atoms with E-state index in [4.69, 9.17) is 11.6 Å². The van der Waals surface area contributed by atoms with Gasteiger partial charge in [0.15, 0.2) is 0 Å². The van der Waals surface area contributed by atoms with Gasteiger partial charge in [-0.05, 0) is 54.5 Å². The fourth-order valence-electron chi connectivity index (χ4n) is 3.78. The molecule has 3 aromatic rings. The summed E-state index contributed by atoms with van der Waals surface area (Å²) >= 11 is 6.07. The number of rotatable bonds is 8. The zero-order valence-electron chi connectivity index (χ0n) is 16.5. The average molecular weight is 386 g/mol. The molecule has 1 aromatic heterocycles. The van der Waals surface area contributed by atoms with Crippen molar-refractivity contribution in [3.05, 3.63) is 69.6 Å². The summed E-state index contributed by atoms with van der Waals surface area (Å²) in [4.78, 5) is 3.49. The van der Waals surface area contributed by atoms with Gasteiger partial charge < -0.3 is 4.98 Å². The van der Waals surface area contributed by atoms with Crippen molar-refractivity contribution in [2.24, 2.45) is 0 Å². The van der Waals surface area contributed by atoms with Gasteiger partial charge in [-0.3, -0.25) is 0 Å². The molecule has 0 fully saturated rings. The Hall–Kier alpha value is -1.80. The number of nitrogens with one attached hydrogen (secondary N) is 1. The van der Waals surface area contributed by atoms with Crippen molar-refractivity contribution in [1.82, 2.24) is 4.98 Å². The van der Waals surface area contributed by atoms with Crippen molar-refractivity contribution in [2.45, 2.75) is 65.2 Å². The van der Waals surface area contributed by atoms with Gasteiger partial charge in [0.1, 0.15) is 5.82 Å². The third-order valence-corrected chi connectivity index (χ3v) is 5.78. The molecule has 0 radical (unpaired) electrons. The van der Waals surface area contributed by atoms with Crippen LogP contribution < -0.4 is 0 Å². The van der Waals surface area contributed by atoms with Crippen LogP contribution in [0.4, 0.5) is 4.39 Å². The number of fused-ring (bicyclic) bond motifs is 1. The lowest BCUT2D eigenvalue weighted by Gasteiger charge is -2.14. The largest absolute Gasteiger partial charge is 0.358 e. The minimum Gasteiger partial charge on any atom is -0.358 e. The van der Waals surface area contributed by atoms with E-state index in [1.165, 1.54) is 41.3 Å². The smallest absolute Gasteiger partial charge is 0.143 e. The molecule has 1 atom stereocenters. The number of benzene rings is 2. The quantitative estimate of drug-likeness (QED) is 0.407. The number of H-pyrrole nitrogens is 1. The summed E-state index contributed by atoms with van der Waals surface area (Å²) in [6, 6.07) is 12.3. The van der Waals surface area contributed by atoms with Crippen molar-refractivity contribution in [1.29, 1.82) is 0 Å². The first-order chi connectivity index (χ1) is 13.0. The van der Waals surface area contributed by atoms with Crippen molar-refractivity contribution in [3.63, 3.8) is 0 Å². The molecular weight excluding hydrogens is 357 g/mol. The van der Waals surface area contributed by atoms with E-state index in [1.807, 2.05) is 0 Å². The molecule has 2 aromatic carbocycles. The molecule has 1 nitrogen and oxygen atoms in total. The fourth-order valence-corrected chi connectivity index (χ4v) is 3.94. The number of aryl methyl sites for hydroxylation is 2. The predicted octanol–water partition coefficient (Wildman–Crippen LogP) is 7.80. The van der Waals surface area contributed by atoms with Crippen LogP contribution in [0, 0.1) is 5.82 Å². The summed E-state index contributed by atoms with van der Waals surface area (Å²) in [6.45, 7) is 6.64. The second kappa shape index (κ2) is 8.93. The molecular formula is C24H29ClFN. The molecule has 0 spiro atoms. The Labute approximate surface area is 166 Å². The van der Waals surface area contributed by atoms with E-state index in [9.17, 15) is 4.39 Å². The highest BCUT2D eigenvalue weighted by Gasteiger charge is 2.19. The van der Waals surface area contributed by atoms with E-state index in [1.54, 1.807) is 6.07 Å². The molecule has 1 heterocycles. The summed E-state index contributed by atoms with van der Waals surface area (Å²) in [5, 5.41) is 1.25. The van der Waals surface area contributed by atoms with Gasteiger partial charge in [0.05, 0.1) is 5.02 Å². The molecule has 0 aliphatic rings. The zero-order valence-corrected chi connectivity index (χ0v) is 17.3. The number of aromatic amines is 1. The van der Waals surface area contributed by atoms with Crippen molar-refractivity contribution < 1.29 is 4.39 Å². The van der Waals surface area contributed by atoms with Crippen molar-refractivity contribution in [3.8, 4) is 0 Å². The Balaban J connectivity index is 1.98. The van der Waals surface area contributed by atoms with Gasteiger partial charge in [0, 0.05) is 22.5 Å². The third kappa shape index (κ3) is 4.38. The van der Waals surface area contributed by atoms with Crippen LogP contribution in [-0.4, -0.2) is 4.98 Å². The van der Waals surface area contributed by atoms with E-state index in [-0.39, 0.29) is 16.8 Å². The van der Waals surface area contributed by atoms with E-state index >= 15 is 0 Å². The monoisotopic (exact) mass is 385 g/mol. The Morgan fingerprint density at radius 2 is 1.67 bits per heavy atom. The van der Waals surface area contributed by atoms with Crippen LogP contribution in [0.15, 0.2) is 36.4 Å². The molecule has 0 saturated heterocycles. The number of halogens is 2. The minimum absolute atomic E-state index is 0.193. The molecule has 0 amide bonds. The molecule has 0 aliphatic carbocycles. The first-order valence-corrected chi connectivity index (χ1v) is 10.5. The van der Waals surface area contributed by atoms with Crippen LogP contribution in [0.1, 0.15) is 74.8 Å². The maximum absolute atomic E-state index is 14.0. The van der Waals surface area contributed by atoms with Gasteiger partial charge in [0.2, 0.25) is 0 Å². The first-order valence-electron chi connectivity index (χ1n) is 10.1. The Morgan fingerprint density at radius 3 is 2.33 bits per heavy atom. The normalized spacial score (nSPS) is 12.6. The van der Waals surface area contributed by atoms with Crippen LogP contribution in [0.25, 0.3) is 10.9 Å². The lowest BCUT2D eigenvalue weighted by molar-refractivity contribution is 0.630. The summed E-state index contributed by atoms with van der Waals surface area (Å²) in [7, 11) is 0. The van der Waals surface area contributed by atoms with Gasteiger partial charge in [-0.25, -0.2) is 4.39 Å². The topological polar surface area (TPSA) is 15.8 Å². The highest BCUT2D eigenvalue weighted by atomic mass is 35.5. The van der Waals surface area contributed by atoms with Gasteiger partial charge >= 0.3 is 0 Å². The van der Waals surface area contributed by atoms with E-state index in [0.29, 0.717) is 0 Å². The zero-order chi connectivity index (χ0) is 19.4. The van der Waals surface area contributed by atoms with Crippen molar-refractivity contribution >= 4 is 22.5 Å². The van der Waals surface area contributed by atoms with E-state index in [2.05, 4.69) is 50.0 Å². The molecule has 0 bridgehead atoms. The molecule has 1 N–H and O–H groups in total. The summed E-state index contributed by atoms with van der Waals surface area (Å²) in [5.41, 5.74) is 5.97. The Bertz CT molecular complexity index is 895. The van der Waals surface area contributed by atoms with Gasteiger partial charge in [-0.2, -0.15) is 0 Å². The standard InChI is InChI=1S/C24H29ClFN/c1-4-6-8-17-10-12-18(13-11-17)16(3)24-19(9-7-5-2)20-14-21(25)22(26)15-23(20)27-24/h10-16,27H,4-9H2,1-3H3. The van der Waals surface area contributed by atoms with Crippen LogP contribution in [0.5, 0.6) is 0 Å².